The van der Waals surface area contributed by atoms with E-state index in [1.165, 1.54) is 6.07 Å². The van der Waals surface area contributed by atoms with Crippen molar-refractivity contribution in [3.05, 3.63) is 78.1 Å². The summed E-state index contributed by atoms with van der Waals surface area (Å²) >= 11 is 0. The number of halogens is 2. The lowest BCUT2D eigenvalue weighted by molar-refractivity contribution is -0.0504. The van der Waals surface area contributed by atoms with Crippen molar-refractivity contribution in [2.75, 3.05) is 5.32 Å². The van der Waals surface area contributed by atoms with Crippen molar-refractivity contribution in [2.45, 2.75) is 46.5 Å². The Hall–Kier alpha value is -3.94. The van der Waals surface area contributed by atoms with Gasteiger partial charge in [-0.1, -0.05) is 36.4 Å². The normalized spacial score (nSPS) is 11.6. The SMILES string of the molecule is Cc1nc2ccc(-c3ccc(NC(=O)OC(C)(C)C)cc3)cc2n1Cc1ccccc1OC(F)F. The van der Waals surface area contributed by atoms with Crippen LogP contribution < -0.4 is 10.1 Å². The van der Waals surface area contributed by atoms with Crippen LogP contribution in [0.2, 0.25) is 0 Å². The molecule has 1 N–H and O–H groups in total. The first-order valence-electron chi connectivity index (χ1n) is 11.2. The molecule has 182 valence electrons. The van der Waals surface area contributed by atoms with Crippen LogP contribution in [0.15, 0.2) is 66.7 Å². The summed E-state index contributed by atoms with van der Waals surface area (Å²) in [6, 6.07) is 20.1. The zero-order valence-electron chi connectivity index (χ0n) is 20.0. The molecule has 1 amide bonds. The Morgan fingerprint density at radius 1 is 1.03 bits per heavy atom. The van der Waals surface area contributed by atoms with E-state index in [-0.39, 0.29) is 5.75 Å². The van der Waals surface area contributed by atoms with Crippen molar-refractivity contribution in [3.63, 3.8) is 0 Å². The van der Waals surface area contributed by atoms with E-state index >= 15 is 0 Å². The summed E-state index contributed by atoms with van der Waals surface area (Å²) in [4.78, 5) is 16.6. The number of para-hydroxylation sites is 1. The number of hydrogen-bond acceptors (Lipinski definition) is 4. The minimum Gasteiger partial charge on any atom is -0.444 e. The molecule has 4 rings (SSSR count). The van der Waals surface area contributed by atoms with Gasteiger partial charge in [-0.3, -0.25) is 5.32 Å². The van der Waals surface area contributed by atoms with Crippen molar-refractivity contribution < 1.29 is 23.0 Å². The van der Waals surface area contributed by atoms with Crippen LogP contribution in [0.3, 0.4) is 0 Å². The fraction of sp³-hybridized carbons (Fsp3) is 0.259. The van der Waals surface area contributed by atoms with Gasteiger partial charge in [0.05, 0.1) is 17.6 Å². The second-order valence-corrected chi connectivity index (χ2v) is 9.14. The van der Waals surface area contributed by atoms with Crippen LogP contribution in [0.5, 0.6) is 5.75 Å². The zero-order chi connectivity index (χ0) is 25.2. The lowest BCUT2D eigenvalue weighted by Gasteiger charge is -2.19. The third-order valence-corrected chi connectivity index (χ3v) is 5.32. The van der Waals surface area contributed by atoms with E-state index in [0.29, 0.717) is 17.8 Å². The minimum atomic E-state index is -2.89. The molecular weight excluding hydrogens is 452 g/mol. The molecule has 0 bridgehead atoms. The van der Waals surface area contributed by atoms with Gasteiger partial charge in [0.2, 0.25) is 0 Å². The number of carbonyl (C=O) groups excluding carboxylic acids is 1. The number of hydrogen-bond donors (Lipinski definition) is 1. The summed E-state index contributed by atoms with van der Waals surface area (Å²) in [5.41, 5.74) is 4.28. The van der Waals surface area contributed by atoms with Crippen LogP contribution in [-0.2, 0) is 11.3 Å². The molecule has 0 aliphatic heterocycles. The summed E-state index contributed by atoms with van der Waals surface area (Å²) in [5, 5.41) is 2.72. The number of anilines is 1. The first-order valence-corrected chi connectivity index (χ1v) is 11.2. The molecule has 35 heavy (non-hydrogen) atoms. The van der Waals surface area contributed by atoms with Crippen molar-refractivity contribution in [3.8, 4) is 16.9 Å². The highest BCUT2D eigenvalue weighted by molar-refractivity contribution is 5.86. The van der Waals surface area contributed by atoms with E-state index in [4.69, 9.17) is 9.47 Å². The molecule has 0 spiro atoms. The Bertz CT molecular complexity index is 1340. The van der Waals surface area contributed by atoms with E-state index in [1.54, 1.807) is 18.2 Å². The summed E-state index contributed by atoms with van der Waals surface area (Å²) in [6.45, 7) is 4.76. The van der Waals surface area contributed by atoms with Gasteiger partial charge in [-0.15, -0.1) is 0 Å². The molecule has 0 atom stereocenters. The maximum atomic E-state index is 12.9. The molecule has 0 saturated carbocycles. The highest BCUT2D eigenvalue weighted by Gasteiger charge is 2.17. The Kier molecular flexibility index (Phi) is 6.73. The quantitative estimate of drug-likeness (QED) is 0.323. The number of ether oxygens (including phenoxy) is 2. The van der Waals surface area contributed by atoms with Gasteiger partial charge in [0, 0.05) is 11.3 Å². The molecule has 0 aliphatic carbocycles. The maximum absolute atomic E-state index is 12.9. The van der Waals surface area contributed by atoms with Crippen LogP contribution in [0.1, 0.15) is 32.2 Å². The lowest BCUT2D eigenvalue weighted by atomic mass is 10.0. The van der Waals surface area contributed by atoms with Gasteiger partial charge in [-0.2, -0.15) is 8.78 Å². The van der Waals surface area contributed by atoms with E-state index in [1.807, 2.05) is 74.7 Å². The second-order valence-electron chi connectivity index (χ2n) is 9.14. The number of benzene rings is 3. The number of aromatic nitrogens is 2. The van der Waals surface area contributed by atoms with Gasteiger partial charge < -0.3 is 14.0 Å². The molecule has 0 unspecified atom stereocenters. The second kappa shape index (κ2) is 9.74. The number of fused-ring (bicyclic) bond motifs is 1. The number of amides is 1. The zero-order valence-corrected chi connectivity index (χ0v) is 20.0. The molecule has 0 aliphatic rings. The van der Waals surface area contributed by atoms with E-state index < -0.39 is 18.3 Å². The van der Waals surface area contributed by atoms with Gasteiger partial charge in [0.15, 0.2) is 0 Å². The maximum Gasteiger partial charge on any atom is 0.412 e. The number of nitrogens with zero attached hydrogens (tertiary/aromatic N) is 2. The summed E-state index contributed by atoms with van der Waals surface area (Å²) in [5.74, 6) is 0.911. The van der Waals surface area contributed by atoms with Crippen molar-refractivity contribution in [2.24, 2.45) is 0 Å². The van der Waals surface area contributed by atoms with Crippen LogP contribution in [0.25, 0.3) is 22.2 Å². The number of imidazole rings is 1. The molecule has 0 fully saturated rings. The van der Waals surface area contributed by atoms with Crippen LogP contribution >= 0.6 is 0 Å². The van der Waals surface area contributed by atoms with Crippen LogP contribution in [-0.4, -0.2) is 27.9 Å². The van der Waals surface area contributed by atoms with Crippen molar-refractivity contribution in [1.82, 2.24) is 9.55 Å². The van der Waals surface area contributed by atoms with E-state index in [2.05, 4.69) is 10.3 Å². The molecule has 4 aromatic rings. The van der Waals surface area contributed by atoms with Gasteiger partial charge in [0.25, 0.3) is 0 Å². The van der Waals surface area contributed by atoms with Crippen LogP contribution in [0, 0.1) is 6.92 Å². The topological polar surface area (TPSA) is 65.4 Å². The van der Waals surface area contributed by atoms with E-state index in [0.717, 1.165) is 28.0 Å². The summed E-state index contributed by atoms with van der Waals surface area (Å²) in [7, 11) is 0. The molecule has 3 aromatic carbocycles. The van der Waals surface area contributed by atoms with Crippen LogP contribution in [0.4, 0.5) is 19.3 Å². The molecule has 0 saturated heterocycles. The molecule has 6 nitrogen and oxygen atoms in total. The Morgan fingerprint density at radius 3 is 2.40 bits per heavy atom. The van der Waals surface area contributed by atoms with Gasteiger partial charge >= 0.3 is 12.7 Å². The van der Waals surface area contributed by atoms with Crippen molar-refractivity contribution in [1.29, 1.82) is 0 Å². The lowest BCUT2D eigenvalue weighted by Crippen LogP contribution is -2.27. The summed E-state index contributed by atoms with van der Waals surface area (Å²) < 4.78 is 37.7. The van der Waals surface area contributed by atoms with Crippen molar-refractivity contribution >= 4 is 22.8 Å². The average Bonchev–Trinajstić information content (AvgIpc) is 3.08. The smallest absolute Gasteiger partial charge is 0.412 e. The number of rotatable bonds is 6. The summed E-state index contributed by atoms with van der Waals surface area (Å²) in [6.07, 6.45) is -0.512. The molecule has 1 aromatic heterocycles. The highest BCUT2D eigenvalue weighted by atomic mass is 19.3. The largest absolute Gasteiger partial charge is 0.444 e. The molecule has 0 radical (unpaired) electrons. The fourth-order valence-electron chi connectivity index (χ4n) is 3.81. The van der Waals surface area contributed by atoms with Gasteiger partial charge in [-0.25, -0.2) is 9.78 Å². The fourth-order valence-corrected chi connectivity index (χ4v) is 3.81. The van der Waals surface area contributed by atoms with Gasteiger partial charge in [0.1, 0.15) is 17.2 Å². The predicted molar refractivity (Wildman–Crippen MR) is 132 cm³/mol. The average molecular weight is 480 g/mol. The van der Waals surface area contributed by atoms with Gasteiger partial charge in [-0.05, 0) is 69.2 Å². The van der Waals surface area contributed by atoms with E-state index in [9.17, 15) is 13.6 Å². The third kappa shape index (κ3) is 5.95. The first-order chi connectivity index (χ1) is 16.6. The third-order valence-electron chi connectivity index (χ3n) is 5.32. The number of aryl methyl sites for hydroxylation is 1. The molecule has 8 heteroatoms. The molecule has 1 heterocycles. The number of nitrogens with one attached hydrogen (secondary N) is 1. The Labute approximate surface area is 202 Å². The first kappa shape index (κ1) is 24.2. The molecular formula is C27H27F2N3O3. The Balaban J connectivity index is 1.60. The monoisotopic (exact) mass is 479 g/mol. The predicted octanol–water partition coefficient (Wildman–Crippen LogP) is 7.01. The number of carbonyl (C=O) groups is 1. The Morgan fingerprint density at radius 2 is 1.71 bits per heavy atom. The standard InChI is InChI=1S/C27H27F2N3O3/c1-17-30-22-14-11-19(18-9-12-21(13-10-18)31-26(33)35-27(2,3)4)15-23(22)32(17)16-20-7-5-6-8-24(20)34-25(28)29/h5-15,25H,16H2,1-4H3,(H,31,33). The highest BCUT2D eigenvalue weighted by Crippen LogP contribution is 2.29. The minimum absolute atomic E-state index is 0.146. The number of alkyl halides is 2.